The Labute approximate surface area is 157 Å². The Morgan fingerprint density at radius 2 is 1.64 bits per heavy atom. The molecule has 4 nitrogen and oxygen atoms in total. The predicted molar refractivity (Wildman–Crippen MR) is 101 cm³/mol. The van der Waals surface area contributed by atoms with Crippen LogP contribution >= 0.6 is 23.4 Å². The fourth-order valence-corrected chi connectivity index (χ4v) is 6.79. The second-order valence-electron chi connectivity index (χ2n) is 8.29. The molecule has 1 aromatic carbocycles. The number of halogens is 1. The Morgan fingerprint density at radius 1 is 1.04 bits per heavy atom. The Morgan fingerprint density at radius 3 is 2.24 bits per heavy atom. The van der Waals surface area contributed by atoms with E-state index in [0.717, 1.165) is 39.5 Å². The van der Waals surface area contributed by atoms with Crippen LogP contribution in [0.15, 0.2) is 29.4 Å². The third-order valence-corrected chi connectivity index (χ3v) is 7.72. The third kappa shape index (κ3) is 2.76. The fourth-order valence-electron chi connectivity index (χ4n) is 5.85. The summed E-state index contributed by atoms with van der Waals surface area (Å²) >= 11 is 7.61. The first-order chi connectivity index (χ1) is 12.1. The first-order valence-electron chi connectivity index (χ1n) is 9.19. The summed E-state index contributed by atoms with van der Waals surface area (Å²) in [5.41, 5.74) is 1.41. The highest BCUT2D eigenvalue weighted by atomic mass is 35.5. The Balaban J connectivity index is 1.37. The van der Waals surface area contributed by atoms with Crippen LogP contribution in [-0.4, -0.2) is 14.9 Å². The van der Waals surface area contributed by atoms with E-state index in [1.807, 2.05) is 24.3 Å². The first-order valence-corrected chi connectivity index (χ1v) is 10.6. The van der Waals surface area contributed by atoms with Gasteiger partial charge in [-0.3, -0.25) is 0 Å². The van der Waals surface area contributed by atoms with E-state index < -0.39 is 0 Å². The van der Waals surface area contributed by atoms with Gasteiger partial charge in [0.2, 0.25) is 5.16 Å². The second-order valence-corrected chi connectivity index (χ2v) is 9.67. The number of aromatic nitrogens is 3. The van der Waals surface area contributed by atoms with Gasteiger partial charge in [0.15, 0.2) is 5.82 Å². The van der Waals surface area contributed by atoms with Gasteiger partial charge in [-0.2, -0.15) is 0 Å². The van der Waals surface area contributed by atoms with E-state index in [1.165, 1.54) is 44.1 Å². The van der Waals surface area contributed by atoms with Crippen molar-refractivity contribution in [2.45, 2.75) is 54.8 Å². The van der Waals surface area contributed by atoms with Gasteiger partial charge < -0.3 is 5.84 Å². The van der Waals surface area contributed by atoms with E-state index in [0.29, 0.717) is 0 Å². The maximum absolute atomic E-state index is 6.46. The average molecular weight is 375 g/mol. The molecular weight excluding hydrogens is 352 g/mol. The van der Waals surface area contributed by atoms with Gasteiger partial charge >= 0.3 is 0 Å². The molecule has 0 saturated heterocycles. The quantitative estimate of drug-likeness (QED) is 0.636. The molecule has 4 aliphatic rings. The fraction of sp³-hybridized carbons (Fsp3) is 0.579. The monoisotopic (exact) mass is 374 g/mol. The topological polar surface area (TPSA) is 56.7 Å². The Hall–Kier alpha value is -1.20. The zero-order valence-corrected chi connectivity index (χ0v) is 15.8. The summed E-state index contributed by atoms with van der Waals surface area (Å²) in [7, 11) is 0. The molecule has 0 atom stereocenters. The minimum absolute atomic E-state index is 0.190. The van der Waals surface area contributed by atoms with Gasteiger partial charge in [0.1, 0.15) is 0 Å². The molecule has 2 aromatic rings. The lowest BCUT2D eigenvalue weighted by Crippen LogP contribution is -2.50. The summed E-state index contributed by atoms with van der Waals surface area (Å²) in [5, 5.41) is 10.6. The number of benzene rings is 1. The van der Waals surface area contributed by atoms with Gasteiger partial charge in [0, 0.05) is 16.2 Å². The van der Waals surface area contributed by atoms with Crippen LogP contribution in [-0.2, 0) is 11.2 Å². The molecule has 0 spiro atoms. The zero-order valence-electron chi connectivity index (χ0n) is 14.2. The summed E-state index contributed by atoms with van der Waals surface area (Å²) in [6, 6.07) is 7.94. The molecule has 0 radical (unpaired) electrons. The highest BCUT2D eigenvalue weighted by Crippen LogP contribution is 2.60. The van der Waals surface area contributed by atoms with E-state index in [4.69, 9.17) is 17.4 Å². The molecule has 4 saturated carbocycles. The highest BCUT2D eigenvalue weighted by molar-refractivity contribution is 7.98. The number of nitrogens with zero attached hydrogens (tertiary/aromatic N) is 3. The summed E-state index contributed by atoms with van der Waals surface area (Å²) < 4.78 is 1.79. The van der Waals surface area contributed by atoms with Gasteiger partial charge in [-0.15, -0.1) is 10.2 Å². The molecule has 6 rings (SSSR count). The molecule has 4 fully saturated rings. The lowest BCUT2D eigenvalue weighted by Gasteiger charge is -2.55. The van der Waals surface area contributed by atoms with Gasteiger partial charge in [-0.25, -0.2) is 4.68 Å². The number of rotatable bonds is 4. The second kappa shape index (κ2) is 5.92. The molecule has 0 unspecified atom stereocenters. The maximum atomic E-state index is 6.46. The molecule has 25 heavy (non-hydrogen) atoms. The van der Waals surface area contributed by atoms with Gasteiger partial charge in [-0.1, -0.05) is 35.5 Å². The van der Waals surface area contributed by atoms with Crippen molar-refractivity contribution in [3.05, 3.63) is 40.7 Å². The van der Waals surface area contributed by atoms with E-state index in [9.17, 15) is 0 Å². The zero-order chi connectivity index (χ0) is 17.0. The van der Waals surface area contributed by atoms with Crippen molar-refractivity contribution in [1.82, 2.24) is 14.9 Å². The normalized spacial score (nSPS) is 33.1. The van der Waals surface area contributed by atoms with E-state index in [1.54, 1.807) is 16.4 Å². The molecule has 4 bridgehead atoms. The van der Waals surface area contributed by atoms with E-state index in [2.05, 4.69) is 10.2 Å². The minimum Gasteiger partial charge on any atom is -0.336 e. The van der Waals surface area contributed by atoms with Crippen LogP contribution in [0.2, 0.25) is 5.02 Å². The molecule has 132 valence electrons. The summed E-state index contributed by atoms with van der Waals surface area (Å²) in [6.07, 6.45) is 8.06. The molecule has 6 heteroatoms. The molecule has 1 aromatic heterocycles. The van der Waals surface area contributed by atoms with E-state index >= 15 is 0 Å². The number of hydrogen-bond donors (Lipinski definition) is 1. The standard InChI is InChI=1S/C19H23ClN4S/c20-16-3-1-12(2-4-16)11-25-18-23-22-17(24(18)21)19-8-13-5-14(9-19)7-15(6-13)10-19/h1-4,13-15H,5-11,21H2. The smallest absolute Gasteiger partial charge is 0.210 e. The SMILES string of the molecule is Nn1c(SCc2ccc(Cl)cc2)nnc1C12CC3CC(CC(C3)C1)C2. The van der Waals surface area contributed by atoms with Crippen molar-refractivity contribution in [2.75, 3.05) is 5.84 Å². The van der Waals surface area contributed by atoms with Crippen LogP contribution in [0.4, 0.5) is 0 Å². The largest absolute Gasteiger partial charge is 0.336 e. The summed E-state index contributed by atoms with van der Waals surface area (Å²) in [5.74, 6) is 11.0. The predicted octanol–water partition coefficient (Wildman–Crippen LogP) is 4.41. The molecule has 2 N–H and O–H groups in total. The van der Waals surface area contributed by atoms with Crippen LogP contribution in [0, 0.1) is 17.8 Å². The molecular formula is C19H23ClN4S. The number of thioether (sulfide) groups is 1. The third-order valence-electron chi connectivity index (χ3n) is 6.46. The van der Waals surface area contributed by atoms with Gasteiger partial charge in [0.25, 0.3) is 0 Å². The van der Waals surface area contributed by atoms with Crippen molar-refractivity contribution in [3.8, 4) is 0 Å². The van der Waals surface area contributed by atoms with Crippen LogP contribution < -0.4 is 5.84 Å². The van der Waals surface area contributed by atoms with Crippen molar-refractivity contribution >= 4 is 23.4 Å². The summed E-state index contributed by atoms with van der Waals surface area (Å²) in [6.45, 7) is 0. The number of hydrogen-bond acceptors (Lipinski definition) is 4. The average Bonchev–Trinajstić information content (AvgIpc) is 2.95. The highest BCUT2D eigenvalue weighted by Gasteiger charge is 2.54. The number of nitrogen functional groups attached to an aromatic ring is 1. The molecule has 0 aliphatic heterocycles. The molecule has 1 heterocycles. The van der Waals surface area contributed by atoms with Crippen molar-refractivity contribution in [2.24, 2.45) is 17.8 Å². The van der Waals surface area contributed by atoms with Crippen LogP contribution in [0.25, 0.3) is 0 Å². The maximum Gasteiger partial charge on any atom is 0.210 e. The lowest BCUT2D eigenvalue weighted by molar-refractivity contribution is -0.0106. The summed E-state index contributed by atoms with van der Waals surface area (Å²) in [4.78, 5) is 0. The van der Waals surface area contributed by atoms with E-state index in [-0.39, 0.29) is 5.41 Å². The molecule has 0 amide bonds. The Kier molecular flexibility index (Phi) is 3.79. The Bertz CT molecular complexity index is 750. The first kappa shape index (κ1) is 16.0. The van der Waals surface area contributed by atoms with Crippen molar-refractivity contribution in [3.63, 3.8) is 0 Å². The van der Waals surface area contributed by atoms with Crippen molar-refractivity contribution < 1.29 is 0 Å². The number of nitrogens with two attached hydrogens (primary N) is 1. The van der Waals surface area contributed by atoms with Crippen LogP contribution in [0.1, 0.15) is 49.9 Å². The van der Waals surface area contributed by atoms with Crippen LogP contribution in [0.5, 0.6) is 0 Å². The van der Waals surface area contributed by atoms with Gasteiger partial charge in [0.05, 0.1) is 0 Å². The van der Waals surface area contributed by atoms with Crippen molar-refractivity contribution in [1.29, 1.82) is 0 Å². The minimum atomic E-state index is 0.190. The molecule has 4 aliphatic carbocycles. The van der Waals surface area contributed by atoms with Gasteiger partial charge in [-0.05, 0) is 74.0 Å². The lowest BCUT2D eigenvalue weighted by atomic mass is 9.49. The van der Waals surface area contributed by atoms with Crippen LogP contribution in [0.3, 0.4) is 0 Å².